The van der Waals surface area contributed by atoms with Gasteiger partial charge in [-0.05, 0) is 19.1 Å². The molecule has 0 amide bonds. The van der Waals surface area contributed by atoms with E-state index in [1.807, 2.05) is 24.3 Å². The smallest absolute Gasteiger partial charge is 0.390 e. The molecular formula is C13H17F3N2O. The molecule has 6 heteroatoms. The van der Waals surface area contributed by atoms with Crippen molar-refractivity contribution in [1.82, 2.24) is 5.32 Å². The Kier molecular flexibility index (Phi) is 4.19. The predicted molar refractivity (Wildman–Crippen MR) is 67.5 cm³/mol. The molecular weight excluding hydrogens is 257 g/mol. The Hall–Kier alpha value is -1.43. The Morgan fingerprint density at radius 2 is 2.16 bits per heavy atom. The van der Waals surface area contributed by atoms with E-state index in [9.17, 15) is 13.2 Å². The molecule has 1 aromatic carbocycles. The fourth-order valence-corrected chi connectivity index (χ4v) is 2.03. The van der Waals surface area contributed by atoms with Crippen LogP contribution in [0.2, 0.25) is 0 Å². The van der Waals surface area contributed by atoms with E-state index in [0.717, 1.165) is 11.4 Å². The molecule has 2 N–H and O–H groups in total. The summed E-state index contributed by atoms with van der Waals surface area (Å²) in [5.41, 5.74) is 0.919. The van der Waals surface area contributed by atoms with Crippen molar-refractivity contribution < 1.29 is 17.9 Å². The second-order valence-corrected chi connectivity index (χ2v) is 4.75. The van der Waals surface area contributed by atoms with Crippen molar-refractivity contribution in [3.8, 4) is 5.75 Å². The van der Waals surface area contributed by atoms with Gasteiger partial charge in [-0.3, -0.25) is 0 Å². The second kappa shape index (κ2) is 5.69. The van der Waals surface area contributed by atoms with Crippen LogP contribution < -0.4 is 15.4 Å². The molecule has 3 nitrogen and oxygen atoms in total. The number of anilines is 1. The van der Waals surface area contributed by atoms with E-state index in [2.05, 4.69) is 10.6 Å². The molecule has 0 spiro atoms. The quantitative estimate of drug-likeness (QED) is 0.885. The third-order valence-corrected chi connectivity index (χ3v) is 2.93. The van der Waals surface area contributed by atoms with Crippen molar-refractivity contribution in [1.29, 1.82) is 0 Å². The number of para-hydroxylation sites is 2. The number of nitrogens with one attached hydrogen (secondary N) is 2. The van der Waals surface area contributed by atoms with Crippen LogP contribution in [0, 0.1) is 0 Å². The molecule has 0 aliphatic carbocycles. The summed E-state index contributed by atoms with van der Waals surface area (Å²) in [6, 6.07) is 6.90. The largest absolute Gasteiger partial charge is 0.485 e. The molecule has 0 aromatic heterocycles. The zero-order valence-corrected chi connectivity index (χ0v) is 10.6. The van der Waals surface area contributed by atoms with Gasteiger partial charge in [0.25, 0.3) is 0 Å². The van der Waals surface area contributed by atoms with Crippen LogP contribution >= 0.6 is 0 Å². The van der Waals surface area contributed by atoms with E-state index in [4.69, 9.17) is 4.74 Å². The summed E-state index contributed by atoms with van der Waals surface area (Å²) in [5.74, 6) is 0.740. The lowest BCUT2D eigenvalue weighted by molar-refractivity contribution is -0.139. The average Bonchev–Trinajstić information content (AvgIpc) is 2.34. The van der Waals surface area contributed by atoms with Crippen LogP contribution in [0.3, 0.4) is 0 Å². The Balaban J connectivity index is 1.80. The van der Waals surface area contributed by atoms with Crippen LogP contribution in [0.25, 0.3) is 0 Å². The summed E-state index contributed by atoms with van der Waals surface area (Å²) in [4.78, 5) is 0. The minimum absolute atomic E-state index is 0.161. The van der Waals surface area contributed by atoms with E-state index >= 15 is 0 Å². The summed E-state index contributed by atoms with van der Waals surface area (Å²) in [7, 11) is 0. The van der Waals surface area contributed by atoms with Crippen molar-refractivity contribution in [2.45, 2.75) is 31.7 Å². The van der Waals surface area contributed by atoms with Gasteiger partial charge in [-0.25, -0.2) is 0 Å². The molecule has 1 aromatic rings. The number of benzene rings is 1. The maximum Gasteiger partial charge on any atom is 0.390 e. The number of halogens is 3. The number of fused-ring (bicyclic) bond motifs is 1. The first-order valence-corrected chi connectivity index (χ1v) is 6.24. The lowest BCUT2D eigenvalue weighted by atomic mass is 10.2. The van der Waals surface area contributed by atoms with Gasteiger partial charge in [0, 0.05) is 12.6 Å². The van der Waals surface area contributed by atoms with E-state index in [1.165, 1.54) is 6.92 Å². The normalized spacial score (nSPS) is 20.1. The van der Waals surface area contributed by atoms with Gasteiger partial charge < -0.3 is 15.4 Å². The topological polar surface area (TPSA) is 33.3 Å². The Morgan fingerprint density at radius 1 is 1.42 bits per heavy atom. The van der Waals surface area contributed by atoms with E-state index in [-0.39, 0.29) is 6.10 Å². The molecule has 106 valence electrons. The molecule has 1 aliphatic heterocycles. The van der Waals surface area contributed by atoms with Gasteiger partial charge in [0.05, 0.1) is 18.7 Å². The highest BCUT2D eigenvalue weighted by Crippen LogP contribution is 2.28. The minimum atomic E-state index is -4.13. The summed E-state index contributed by atoms with van der Waals surface area (Å²) in [5, 5.41) is 6.05. The van der Waals surface area contributed by atoms with Crippen LogP contribution in [0.15, 0.2) is 24.3 Å². The van der Waals surface area contributed by atoms with Crippen LogP contribution in [0.5, 0.6) is 5.75 Å². The fourth-order valence-electron chi connectivity index (χ4n) is 2.03. The maximum atomic E-state index is 12.2. The zero-order chi connectivity index (χ0) is 13.9. The fraction of sp³-hybridized carbons (Fsp3) is 0.538. The molecule has 0 bridgehead atoms. The Labute approximate surface area is 110 Å². The number of ether oxygens (including phenoxy) is 1. The summed E-state index contributed by atoms with van der Waals surface area (Å²) in [6.45, 7) is 2.50. The number of hydrogen-bond donors (Lipinski definition) is 2. The monoisotopic (exact) mass is 274 g/mol. The predicted octanol–water partition coefficient (Wildman–Crippen LogP) is 2.79. The molecule has 0 fully saturated rings. The molecule has 2 rings (SSSR count). The standard InChI is InChI=1S/C13H17F3N2O/c1-9(6-13(14,15)16)17-7-10-8-18-11-4-2-3-5-12(11)19-10/h2-5,9-10,17-18H,6-8H2,1H3. The lowest BCUT2D eigenvalue weighted by Gasteiger charge is -2.28. The number of rotatable bonds is 4. The molecule has 2 atom stereocenters. The van der Waals surface area contributed by atoms with Crippen molar-refractivity contribution in [2.24, 2.45) is 0 Å². The lowest BCUT2D eigenvalue weighted by Crippen LogP contribution is -2.43. The highest BCUT2D eigenvalue weighted by atomic mass is 19.4. The SMILES string of the molecule is CC(CC(F)(F)F)NCC1CNc2ccccc2O1. The van der Waals surface area contributed by atoms with Gasteiger partial charge in [-0.15, -0.1) is 0 Å². The summed E-state index contributed by atoms with van der Waals surface area (Å²) in [6.07, 6.45) is -5.13. The van der Waals surface area contributed by atoms with E-state index in [0.29, 0.717) is 13.1 Å². The van der Waals surface area contributed by atoms with Crippen LogP contribution in [0.1, 0.15) is 13.3 Å². The second-order valence-electron chi connectivity index (χ2n) is 4.75. The van der Waals surface area contributed by atoms with Crippen molar-refractivity contribution in [2.75, 3.05) is 18.4 Å². The Bertz CT molecular complexity index is 423. The highest BCUT2D eigenvalue weighted by Gasteiger charge is 2.30. The molecule has 0 saturated carbocycles. The summed E-state index contributed by atoms with van der Waals surface area (Å²) < 4.78 is 42.3. The van der Waals surface area contributed by atoms with Crippen molar-refractivity contribution in [3.63, 3.8) is 0 Å². The number of hydrogen-bond acceptors (Lipinski definition) is 3. The van der Waals surface area contributed by atoms with Crippen LogP contribution in [-0.4, -0.2) is 31.4 Å². The third-order valence-electron chi connectivity index (χ3n) is 2.93. The Morgan fingerprint density at radius 3 is 2.89 bits per heavy atom. The molecule has 1 heterocycles. The molecule has 0 saturated heterocycles. The van der Waals surface area contributed by atoms with Crippen LogP contribution in [-0.2, 0) is 0 Å². The average molecular weight is 274 g/mol. The zero-order valence-electron chi connectivity index (χ0n) is 10.6. The maximum absolute atomic E-state index is 12.2. The van der Waals surface area contributed by atoms with E-state index in [1.54, 1.807) is 0 Å². The first-order chi connectivity index (χ1) is 8.94. The van der Waals surface area contributed by atoms with Gasteiger partial charge >= 0.3 is 6.18 Å². The van der Waals surface area contributed by atoms with Gasteiger partial charge in [-0.2, -0.15) is 13.2 Å². The van der Waals surface area contributed by atoms with E-state index < -0.39 is 18.6 Å². The van der Waals surface area contributed by atoms with Crippen molar-refractivity contribution >= 4 is 5.69 Å². The minimum Gasteiger partial charge on any atom is -0.485 e. The van der Waals surface area contributed by atoms with Crippen molar-refractivity contribution in [3.05, 3.63) is 24.3 Å². The first kappa shape index (κ1) is 14.0. The highest BCUT2D eigenvalue weighted by molar-refractivity contribution is 5.57. The summed E-state index contributed by atoms with van der Waals surface area (Å²) >= 11 is 0. The third kappa shape index (κ3) is 4.31. The molecule has 0 radical (unpaired) electrons. The van der Waals surface area contributed by atoms with Crippen LogP contribution in [0.4, 0.5) is 18.9 Å². The van der Waals surface area contributed by atoms with Gasteiger partial charge in [0.1, 0.15) is 11.9 Å². The molecule has 19 heavy (non-hydrogen) atoms. The van der Waals surface area contributed by atoms with Gasteiger partial charge in [0.15, 0.2) is 0 Å². The van der Waals surface area contributed by atoms with Gasteiger partial charge in [0.2, 0.25) is 0 Å². The molecule has 1 aliphatic rings. The van der Waals surface area contributed by atoms with Gasteiger partial charge in [-0.1, -0.05) is 12.1 Å². The first-order valence-electron chi connectivity index (χ1n) is 6.24. The number of alkyl halides is 3. The molecule has 2 unspecified atom stereocenters.